The second-order valence-corrected chi connectivity index (χ2v) is 10.5. The zero-order valence-corrected chi connectivity index (χ0v) is 20.6. The third-order valence-corrected chi connectivity index (χ3v) is 8.22. The minimum atomic E-state index is -0.317. The molecule has 180 valence electrons. The third kappa shape index (κ3) is 5.22. The van der Waals surface area contributed by atoms with Crippen molar-refractivity contribution in [2.24, 2.45) is 5.92 Å². The second-order valence-electron chi connectivity index (χ2n) is 9.43. The van der Waals surface area contributed by atoms with Crippen LogP contribution in [-0.4, -0.2) is 16.6 Å². The Bertz CT molecular complexity index is 1360. The van der Waals surface area contributed by atoms with Gasteiger partial charge < -0.3 is 16.0 Å². The number of nitrogens with one attached hydrogen (secondary N) is 2. The highest BCUT2D eigenvalue weighted by Crippen LogP contribution is 2.36. The summed E-state index contributed by atoms with van der Waals surface area (Å²) in [7, 11) is 0. The van der Waals surface area contributed by atoms with Gasteiger partial charge in [-0.3, -0.25) is 4.79 Å². The average molecular weight is 488 g/mol. The lowest BCUT2D eigenvalue weighted by atomic mass is 10.0. The van der Waals surface area contributed by atoms with E-state index in [2.05, 4.69) is 22.4 Å². The van der Waals surface area contributed by atoms with E-state index in [1.807, 2.05) is 49.0 Å². The number of halogens is 1. The highest BCUT2D eigenvalue weighted by molar-refractivity contribution is 7.99. The maximum atomic E-state index is 13.6. The van der Waals surface area contributed by atoms with Gasteiger partial charge in [-0.1, -0.05) is 37.1 Å². The van der Waals surface area contributed by atoms with Crippen LogP contribution in [0.1, 0.15) is 54.6 Å². The monoisotopic (exact) mass is 487 g/mol. The molecule has 5 rings (SSSR count). The molecule has 1 fully saturated rings. The van der Waals surface area contributed by atoms with Crippen LogP contribution in [0, 0.1) is 11.7 Å². The van der Waals surface area contributed by atoms with Gasteiger partial charge in [0.25, 0.3) is 5.91 Å². The zero-order chi connectivity index (χ0) is 24.4. The fraction of sp³-hybridized carbons (Fsp3) is 0.276. The number of hydrogen-bond acceptors (Lipinski definition) is 3. The van der Waals surface area contributed by atoms with E-state index in [1.165, 1.54) is 37.8 Å². The van der Waals surface area contributed by atoms with Crippen molar-refractivity contribution >= 4 is 34.3 Å². The number of benzene rings is 3. The van der Waals surface area contributed by atoms with Gasteiger partial charge in [0.1, 0.15) is 5.82 Å². The van der Waals surface area contributed by atoms with Gasteiger partial charge in [0.2, 0.25) is 0 Å². The van der Waals surface area contributed by atoms with E-state index in [1.54, 1.807) is 12.3 Å². The van der Waals surface area contributed by atoms with Crippen LogP contribution in [0.15, 0.2) is 71.8 Å². The lowest BCUT2D eigenvalue weighted by molar-refractivity contribution is 0.0941. The van der Waals surface area contributed by atoms with Crippen LogP contribution >= 0.6 is 11.8 Å². The molecule has 0 spiro atoms. The first-order valence-corrected chi connectivity index (χ1v) is 13.2. The van der Waals surface area contributed by atoms with Crippen molar-refractivity contribution < 1.29 is 9.18 Å². The van der Waals surface area contributed by atoms with E-state index in [0.29, 0.717) is 5.56 Å². The molecule has 1 saturated carbocycles. The fourth-order valence-corrected chi connectivity index (χ4v) is 6.04. The van der Waals surface area contributed by atoms with E-state index in [-0.39, 0.29) is 17.8 Å². The van der Waals surface area contributed by atoms with Gasteiger partial charge in [-0.05, 0) is 78.8 Å². The van der Waals surface area contributed by atoms with Crippen molar-refractivity contribution in [3.63, 3.8) is 0 Å². The summed E-state index contributed by atoms with van der Waals surface area (Å²) in [6, 6.07) is 18.3. The van der Waals surface area contributed by atoms with Crippen molar-refractivity contribution in [1.82, 2.24) is 10.3 Å². The van der Waals surface area contributed by atoms with Crippen LogP contribution in [0.4, 0.5) is 10.1 Å². The first-order chi connectivity index (χ1) is 17.0. The molecule has 6 heteroatoms. The molecule has 1 aromatic heterocycles. The van der Waals surface area contributed by atoms with Crippen molar-refractivity contribution in [2.45, 2.75) is 43.5 Å². The molecule has 1 heterocycles. The minimum Gasteiger partial charge on any atom is -0.398 e. The maximum Gasteiger partial charge on any atom is 0.253 e. The molecular formula is C29H30FN3OS. The van der Waals surface area contributed by atoms with Crippen molar-refractivity contribution in [3.8, 4) is 11.1 Å². The summed E-state index contributed by atoms with van der Waals surface area (Å²) in [5, 5.41) is 3.84. The Balaban J connectivity index is 1.38. The van der Waals surface area contributed by atoms with Crippen LogP contribution in [0.2, 0.25) is 0 Å². The number of H-pyrrole nitrogens is 1. The van der Waals surface area contributed by atoms with Gasteiger partial charge in [0.05, 0.1) is 11.6 Å². The van der Waals surface area contributed by atoms with Gasteiger partial charge in [0, 0.05) is 33.4 Å². The number of aromatic amines is 1. The summed E-state index contributed by atoms with van der Waals surface area (Å²) in [5.41, 5.74) is 11.4. The Morgan fingerprint density at radius 1 is 1.11 bits per heavy atom. The zero-order valence-electron chi connectivity index (χ0n) is 19.8. The second kappa shape index (κ2) is 10.2. The van der Waals surface area contributed by atoms with Crippen LogP contribution < -0.4 is 11.1 Å². The van der Waals surface area contributed by atoms with E-state index in [4.69, 9.17) is 5.73 Å². The summed E-state index contributed by atoms with van der Waals surface area (Å²) in [6.45, 7) is 1.85. The van der Waals surface area contributed by atoms with Crippen molar-refractivity contribution in [2.75, 3.05) is 11.5 Å². The number of carbonyl (C=O) groups excluding carboxylic acids is 1. The van der Waals surface area contributed by atoms with Crippen LogP contribution in [0.3, 0.4) is 0 Å². The van der Waals surface area contributed by atoms with E-state index < -0.39 is 0 Å². The summed E-state index contributed by atoms with van der Waals surface area (Å²) < 4.78 is 13.6. The number of rotatable bonds is 7. The molecule has 1 aliphatic rings. The largest absolute Gasteiger partial charge is 0.398 e. The van der Waals surface area contributed by atoms with E-state index >= 15 is 0 Å². The van der Waals surface area contributed by atoms with E-state index in [0.717, 1.165) is 49.8 Å². The standard InChI is InChI=1S/C29H30FN3OS/c1-18(20-7-4-8-23(30)13-20)33-29(34)25-16-32-27-12-10-21(14-24(25)27)22-9-11-26(31)28(15-22)35-17-19-5-2-3-6-19/h4,7-16,18-19,32H,2-3,5-6,17,31H2,1H3,(H,33,34). The number of fused-ring (bicyclic) bond motifs is 1. The van der Waals surface area contributed by atoms with Crippen molar-refractivity contribution in [3.05, 3.63) is 83.8 Å². The lowest BCUT2D eigenvalue weighted by Gasteiger charge is -2.14. The number of carbonyl (C=O) groups is 1. The fourth-order valence-electron chi connectivity index (χ4n) is 4.85. The van der Waals surface area contributed by atoms with Gasteiger partial charge >= 0.3 is 0 Å². The molecule has 1 aliphatic carbocycles. The quantitative estimate of drug-likeness (QED) is 0.189. The Labute approximate surface area is 209 Å². The van der Waals surface area contributed by atoms with Gasteiger partial charge in [0.15, 0.2) is 0 Å². The Hall–Kier alpha value is -3.25. The number of nitrogen functional groups attached to an aromatic ring is 1. The first kappa shape index (κ1) is 23.5. The average Bonchev–Trinajstić information content (AvgIpc) is 3.53. The SMILES string of the molecule is CC(NC(=O)c1c[nH]c2ccc(-c3ccc(N)c(SCC4CCCC4)c3)cc12)c1cccc(F)c1. The van der Waals surface area contributed by atoms with E-state index in [9.17, 15) is 9.18 Å². The third-order valence-electron chi connectivity index (χ3n) is 6.92. The normalized spacial score (nSPS) is 14.9. The smallest absolute Gasteiger partial charge is 0.253 e. The van der Waals surface area contributed by atoms with Gasteiger partial charge in [-0.2, -0.15) is 0 Å². The molecule has 35 heavy (non-hydrogen) atoms. The number of thioether (sulfide) groups is 1. The molecule has 0 bridgehead atoms. The Kier molecular flexibility index (Phi) is 6.82. The minimum absolute atomic E-state index is 0.199. The first-order valence-electron chi connectivity index (χ1n) is 12.2. The molecule has 4 nitrogen and oxygen atoms in total. The van der Waals surface area contributed by atoms with Crippen LogP contribution in [-0.2, 0) is 0 Å². The molecule has 3 aromatic carbocycles. The summed E-state index contributed by atoms with van der Waals surface area (Å²) >= 11 is 1.85. The summed E-state index contributed by atoms with van der Waals surface area (Å²) in [5.74, 6) is 1.38. The van der Waals surface area contributed by atoms with Gasteiger partial charge in [-0.25, -0.2) is 4.39 Å². The highest BCUT2D eigenvalue weighted by atomic mass is 32.2. The molecule has 0 saturated heterocycles. The number of amides is 1. The predicted molar refractivity (Wildman–Crippen MR) is 143 cm³/mol. The van der Waals surface area contributed by atoms with Crippen LogP contribution in [0.25, 0.3) is 22.0 Å². The van der Waals surface area contributed by atoms with Crippen molar-refractivity contribution in [1.29, 1.82) is 0 Å². The highest BCUT2D eigenvalue weighted by Gasteiger charge is 2.18. The molecule has 4 aromatic rings. The number of anilines is 1. The molecule has 4 N–H and O–H groups in total. The summed E-state index contributed by atoms with van der Waals surface area (Å²) in [6.07, 6.45) is 7.05. The molecule has 1 atom stereocenters. The Morgan fingerprint density at radius 3 is 2.69 bits per heavy atom. The molecule has 0 radical (unpaired) electrons. The molecular weight excluding hydrogens is 457 g/mol. The molecule has 1 unspecified atom stereocenters. The topological polar surface area (TPSA) is 70.9 Å². The van der Waals surface area contributed by atoms with Crippen LogP contribution in [0.5, 0.6) is 0 Å². The van der Waals surface area contributed by atoms with Gasteiger partial charge in [-0.15, -0.1) is 11.8 Å². The number of aromatic nitrogens is 1. The molecule has 1 amide bonds. The molecule has 0 aliphatic heterocycles. The maximum absolute atomic E-state index is 13.6. The number of hydrogen-bond donors (Lipinski definition) is 3. The lowest BCUT2D eigenvalue weighted by Crippen LogP contribution is -2.26. The predicted octanol–water partition coefficient (Wildman–Crippen LogP) is 7.33. The number of nitrogens with two attached hydrogens (primary N) is 1. The Morgan fingerprint density at radius 2 is 1.89 bits per heavy atom. The summed E-state index contributed by atoms with van der Waals surface area (Å²) in [4.78, 5) is 17.4.